The lowest BCUT2D eigenvalue weighted by Gasteiger charge is -2.06. The van der Waals surface area contributed by atoms with Gasteiger partial charge in [0.15, 0.2) is 0 Å². The highest BCUT2D eigenvalue weighted by molar-refractivity contribution is 9.10. The Morgan fingerprint density at radius 1 is 0.824 bits per heavy atom. The van der Waals surface area contributed by atoms with Crippen molar-refractivity contribution in [2.24, 2.45) is 0 Å². The lowest BCUT2D eigenvalue weighted by atomic mass is 9.80. The van der Waals surface area contributed by atoms with E-state index in [1.807, 2.05) is 24.3 Å². The molecule has 0 radical (unpaired) electrons. The Balaban J connectivity index is 2.11. The second kappa shape index (κ2) is 5.36. The highest BCUT2D eigenvalue weighted by Crippen LogP contribution is 2.22. The Morgan fingerprint density at radius 2 is 1.29 bits per heavy atom. The first-order chi connectivity index (χ1) is 8.15. The lowest BCUT2D eigenvalue weighted by molar-refractivity contribution is 0.425. The SMILES string of the molecule is OB(O)c1ccc(Oc2ccc(Br)cc2)cc1. The molecular weight excluding hydrogens is 283 g/mol. The zero-order chi connectivity index (χ0) is 12.3. The van der Waals surface area contributed by atoms with Gasteiger partial charge < -0.3 is 14.8 Å². The van der Waals surface area contributed by atoms with Gasteiger partial charge in [-0.25, -0.2) is 0 Å². The van der Waals surface area contributed by atoms with E-state index in [1.54, 1.807) is 24.3 Å². The summed E-state index contributed by atoms with van der Waals surface area (Å²) in [7, 11) is -1.45. The van der Waals surface area contributed by atoms with Crippen LogP contribution in [0.25, 0.3) is 0 Å². The first-order valence-corrected chi connectivity index (χ1v) is 5.84. The van der Waals surface area contributed by atoms with Crippen molar-refractivity contribution in [2.75, 3.05) is 0 Å². The normalized spacial score (nSPS) is 10.1. The maximum Gasteiger partial charge on any atom is 0.488 e. The van der Waals surface area contributed by atoms with Crippen molar-refractivity contribution >= 4 is 28.5 Å². The van der Waals surface area contributed by atoms with E-state index in [0.29, 0.717) is 11.2 Å². The molecule has 0 unspecified atom stereocenters. The van der Waals surface area contributed by atoms with Crippen molar-refractivity contribution in [2.45, 2.75) is 0 Å². The van der Waals surface area contributed by atoms with Crippen LogP contribution in [0.2, 0.25) is 0 Å². The Labute approximate surface area is 108 Å². The molecule has 5 heteroatoms. The minimum atomic E-state index is -1.45. The van der Waals surface area contributed by atoms with E-state index in [0.717, 1.165) is 10.2 Å². The Kier molecular flexibility index (Phi) is 3.84. The Hall–Kier alpha value is -1.30. The monoisotopic (exact) mass is 292 g/mol. The molecule has 86 valence electrons. The predicted molar refractivity (Wildman–Crippen MR) is 70.5 cm³/mol. The van der Waals surface area contributed by atoms with Crippen molar-refractivity contribution in [1.29, 1.82) is 0 Å². The summed E-state index contributed by atoms with van der Waals surface area (Å²) in [5.41, 5.74) is 0.438. The van der Waals surface area contributed by atoms with Gasteiger partial charge in [-0.15, -0.1) is 0 Å². The highest BCUT2D eigenvalue weighted by atomic mass is 79.9. The fourth-order valence-electron chi connectivity index (χ4n) is 1.35. The van der Waals surface area contributed by atoms with E-state index < -0.39 is 7.12 Å². The van der Waals surface area contributed by atoms with Gasteiger partial charge in [0.25, 0.3) is 0 Å². The summed E-state index contributed by atoms with van der Waals surface area (Å²) in [6.45, 7) is 0. The van der Waals surface area contributed by atoms with Gasteiger partial charge in [0.1, 0.15) is 11.5 Å². The van der Waals surface area contributed by atoms with E-state index in [9.17, 15) is 0 Å². The minimum Gasteiger partial charge on any atom is -0.457 e. The van der Waals surface area contributed by atoms with Crippen molar-refractivity contribution in [3.63, 3.8) is 0 Å². The maximum atomic E-state index is 8.94. The number of ether oxygens (including phenoxy) is 1. The molecule has 2 aromatic carbocycles. The van der Waals surface area contributed by atoms with Gasteiger partial charge in [-0.1, -0.05) is 28.1 Å². The summed E-state index contributed by atoms with van der Waals surface area (Å²) >= 11 is 3.35. The molecule has 0 saturated carbocycles. The summed E-state index contributed by atoms with van der Waals surface area (Å²) in [6.07, 6.45) is 0. The lowest BCUT2D eigenvalue weighted by Crippen LogP contribution is -2.29. The predicted octanol–water partition coefficient (Wildman–Crippen LogP) is 1.92. The van der Waals surface area contributed by atoms with E-state index >= 15 is 0 Å². The maximum absolute atomic E-state index is 8.94. The van der Waals surface area contributed by atoms with Crippen LogP contribution >= 0.6 is 15.9 Å². The molecule has 0 aromatic heterocycles. The molecule has 0 aliphatic carbocycles. The van der Waals surface area contributed by atoms with Crippen LogP contribution in [0.15, 0.2) is 53.0 Å². The number of hydrogen-bond donors (Lipinski definition) is 2. The number of hydrogen-bond acceptors (Lipinski definition) is 3. The van der Waals surface area contributed by atoms with Gasteiger partial charge >= 0.3 is 7.12 Å². The quantitative estimate of drug-likeness (QED) is 0.850. The molecule has 0 amide bonds. The Morgan fingerprint density at radius 3 is 1.76 bits per heavy atom. The fraction of sp³-hybridized carbons (Fsp3) is 0. The standard InChI is InChI=1S/C12H10BBrO3/c14-10-3-7-12(8-4-10)17-11-5-1-9(2-6-11)13(15)16/h1-8,15-16H. The van der Waals surface area contributed by atoms with Crippen LogP contribution in [-0.4, -0.2) is 17.2 Å². The molecule has 2 rings (SSSR count). The topological polar surface area (TPSA) is 49.7 Å². The molecule has 3 nitrogen and oxygen atoms in total. The smallest absolute Gasteiger partial charge is 0.457 e. The van der Waals surface area contributed by atoms with Gasteiger partial charge in [-0.05, 0) is 41.9 Å². The zero-order valence-electron chi connectivity index (χ0n) is 8.88. The second-order valence-electron chi connectivity index (χ2n) is 3.50. The molecular formula is C12H10BBrO3. The van der Waals surface area contributed by atoms with Crippen LogP contribution in [0.3, 0.4) is 0 Å². The summed E-state index contributed by atoms with van der Waals surface area (Å²) in [4.78, 5) is 0. The van der Waals surface area contributed by atoms with Crippen molar-refractivity contribution in [3.05, 3.63) is 53.0 Å². The van der Waals surface area contributed by atoms with Crippen LogP contribution in [0, 0.1) is 0 Å². The average molecular weight is 293 g/mol. The third kappa shape index (κ3) is 3.33. The van der Waals surface area contributed by atoms with Crippen LogP contribution in [-0.2, 0) is 0 Å². The molecule has 2 aromatic rings. The summed E-state index contributed by atoms with van der Waals surface area (Å²) in [6, 6.07) is 14.1. The van der Waals surface area contributed by atoms with Gasteiger partial charge in [0, 0.05) is 4.47 Å². The number of rotatable bonds is 3. The number of halogens is 1. The van der Waals surface area contributed by atoms with Gasteiger partial charge in [-0.2, -0.15) is 0 Å². The fourth-order valence-corrected chi connectivity index (χ4v) is 1.61. The third-order valence-corrected chi connectivity index (χ3v) is 2.76. The highest BCUT2D eigenvalue weighted by Gasteiger charge is 2.09. The van der Waals surface area contributed by atoms with Crippen molar-refractivity contribution in [3.8, 4) is 11.5 Å². The Bertz CT molecular complexity index is 482. The molecule has 0 aliphatic heterocycles. The number of benzene rings is 2. The summed E-state index contributed by atoms with van der Waals surface area (Å²) in [5.74, 6) is 1.38. The zero-order valence-corrected chi connectivity index (χ0v) is 10.5. The van der Waals surface area contributed by atoms with Gasteiger partial charge in [0.2, 0.25) is 0 Å². The minimum absolute atomic E-state index is 0.438. The molecule has 0 saturated heterocycles. The van der Waals surface area contributed by atoms with Gasteiger partial charge in [-0.3, -0.25) is 0 Å². The summed E-state index contributed by atoms with van der Waals surface area (Å²) < 4.78 is 6.57. The first kappa shape index (κ1) is 12.2. The molecule has 17 heavy (non-hydrogen) atoms. The first-order valence-electron chi connectivity index (χ1n) is 5.05. The average Bonchev–Trinajstić information content (AvgIpc) is 2.33. The molecule has 0 heterocycles. The van der Waals surface area contributed by atoms with Crippen LogP contribution in [0.4, 0.5) is 0 Å². The molecule has 0 spiro atoms. The van der Waals surface area contributed by atoms with E-state index in [-0.39, 0.29) is 0 Å². The molecule has 0 atom stereocenters. The van der Waals surface area contributed by atoms with E-state index in [2.05, 4.69) is 15.9 Å². The van der Waals surface area contributed by atoms with Crippen LogP contribution in [0.5, 0.6) is 11.5 Å². The van der Waals surface area contributed by atoms with Crippen molar-refractivity contribution < 1.29 is 14.8 Å². The van der Waals surface area contributed by atoms with Crippen molar-refractivity contribution in [1.82, 2.24) is 0 Å². The summed E-state index contributed by atoms with van der Waals surface area (Å²) in [5, 5.41) is 17.9. The van der Waals surface area contributed by atoms with Crippen LogP contribution in [0.1, 0.15) is 0 Å². The van der Waals surface area contributed by atoms with Crippen LogP contribution < -0.4 is 10.2 Å². The molecule has 0 bridgehead atoms. The molecule has 0 fully saturated rings. The third-order valence-electron chi connectivity index (χ3n) is 2.23. The largest absolute Gasteiger partial charge is 0.488 e. The van der Waals surface area contributed by atoms with E-state index in [4.69, 9.17) is 14.8 Å². The molecule has 2 N–H and O–H groups in total. The van der Waals surface area contributed by atoms with E-state index in [1.165, 1.54) is 0 Å². The molecule has 0 aliphatic rings. The second-order valence-corrected chi connectivity index (χ2v) is 4.41. The van der Waals surface area contributed by atoms with Gasteiger partial charge in [0.05, 0.1) is 0 Å².